The number of rotatable bonds is 8. The maximum Gasteiger partial charge on any atom is 0.242 e. The molecule has 164 valence electrons. The number of pyridine rings is 1. The van der Waals surface area contributed by atoms with E-state index in [1.54, 1.807) is 6.07 Å². The van der Waals surface area contributed by atoms with Crippen LogP contribution in [0.5, 0.6) is 0 Å². The topological polar surface area (TPSA) is 65.5 Å². The lowest BCUT2D eigenvalue weighted by Crippen LogP contribution is -2.46. The summed E-state index contributed by atoms with van der Waals surface area (Å²) in [7, 11) is -3.54. The first kappa shape index (κ1) is 22.0. The van der Waals surface area contributed by atoms with Crippen molar-refractivity contribution in [1.29, 1.82) is 0 Å². The van der Waals surface area contributed by atoms with E-state index in [2.05, 4.69) is 25.6 Å². The number of unbranched alkanes of at least 4 members (excludes halogenated alkanes) is 1. The lowest BCUT2D eigenvalue weighted by molar-refractivity contribution is 0.253. The van der Waals surface area contributed by atoms with Crippen LogP contribution in [0.25, 0.3) is 10.9 Å². The summed E-state index contributed by atoms with van der Waals surface area (Å²) < 4.78 is 27.8. The summed E-state index contributed by atoms with van der Waals surface area (Å²) in [5.74, 6) is 0. The van der Waals surface area contributed by atoms with E-state index in [4.69, 9.17) is 11.6 Å². The van der Waals surface area contributed by atoms with Crippen LogP contribution >= 0.6 is 11.6 Å². The van der Waals surface area contributed by atoms with Crippen molar-refractivity contribution in [2.45, 2.75) is 17.7 Å². The standard InChI is InChI=1S/C23H27ClN4O2S/c24-20-7-5-8-21(17-20)28-14-12-27(13-15-28)11-4-3-10-26-31(29,30)22-16-19-6-1-2-9-23(19)25-18-22/h1-2,5-9,16-18,26H,3-4,10-15H2. The molecular weight excluding hydrogens is 432 g/mol. The van der Waals surface area contributed by atoms with E-state index in [0.717, 1.165) is 61.5 Å². The third kappa shape index (κ3) is 5.74. The fraction of sp³-hybridized carbons (Fsp3) is 0.348. The molecule has 0 spiro atoms. The molecule has 0 bridgehead atoms. The predicted molar refractivity (Wildman–Crippen MR) is 126 cm³/mol. The normalized spacial score (nSPS) is 15.5. The summed E-state index contributed by atoms with van der Waals surface area (Å²) in [4.78, 5) is 9.25. The summed E-state index contributed by atoms with van der Waals surface area (Å²) >= 11 is 6.10. The summed E-state index contributed by atoms with van der Waals surface area (Å²) in [6.07, 6.45) is 3.18. The third-order valence-corrected chi connectivity index (χ3v) is 7.28. The highest BCUT2D eigenvalue weighted by atomic mass is 35.5. The molecule has 2 heterocycles. The average molecular weight is 459 g/mol. The van der Waals surface area contributed by atoms with Crippen molar-refractivity contribution in [3.05, 3.63) is 65.8 Å². The number of sulfonamides is 1. The second-order valence-electron chi connectivity index (χ2n) is 7.78. The van der Waals surface area contributed by atoms with Crippen LogP contribution in [0.4, 0.5) is 5.69 Å². The lowest BCUT2D eigenvalue weighted by Gasteiger charge is -2.36. The van der Waals surface area contributed by atoms with Gasteiger partial charge >= 0.3 is 0 Å². The minimum Gasteiger partial charge on any atom is -0.369 e. The van der Waals surface area contributed by atoms with Gasteiger partial charge in [-0.2, -0.15) is 0 Å². The maximum absolute atomic E-state index is 12.6. The molecule has 1 aliphatic heterocycles. The van der Waals surface area contributed by atoms with Crippen LogP contribution in [0.2, 0.25) is 5.02 Å². The Balaban J connectivity index is 1.19. The highest BCUT2D eigenvalue weighted by Crippen LogP contribution is 2.21. The molecule has 1 aliphatic rings. The number of halogens is 1. The van der Waals surface area contributed by atoms with Crippen molar-refractivity contribution in [2.75, 3.05) is 44.2 Å². The molecule has 31 heavy (non-hydrogen) atoms. The highest BCUT2D eigenvalue weighted by Gasteiger charge is 2.18. The second-order valence-corrected chi connectivity index (χ2v) is 9.98. The molecule has 0 amide bonds. The van der Waals surface area contributed by atoms with Crippen LogP contribution in [0, 0.1) is 0 Å². The number of nitrogens with zero attached hydrogens (tertiary/aromatic N) is 3. The van der Waals surface area contributed by atoms with E-state index in [9.17, 15) is 8.42 Å². The predicted octanol–water partition coefficient (Wildman–Crippen LogP) is 3.77. The SMILES string of the molecule is O=S(=O)(NCCCCN1CCN(c2cccc(Cl)c2)CC1)c1cnc2ccccc2c1. The van der Waals surface area contributed by atoms with Gasteiger partial charge in [-0.15, -0.1) is 0 Å². The molecule has 0 radical (unpaired) electrons. The molecule has 0 saturated carbocycles. The van der Waals surface area contributed by atoms with Gasteiger partial charge in [0.15, 0.2) is 0 Å². The zero-order valence-electron chi connectivity index (χ0n) is 17.4. The Morgan fingerprint density at radius 2 is 1.77 bits per heavy atom. The van der Waals surface area contributed by atoms with Gasteiger partial charge in [-0.25, -0.2) is 13.1 Å². The molecule has 4 rings (SSSR count). The van der Waals surface area contributed by atoms with Gasteiger partial charge < -0.3 is 4.90 Å². The quantitative estimate of drug-likeness (QED) is 0.520. The summed E-state index contributed by atoms with van der Waals surface area (Å²) in [6.45, 7) is 5.35. The molecule has 1 aromatic heterocycles. The zero-order chi connectivity index (χ0) is 21.7. The van der Waals surface area contributed by atoms with Crippen molar-refractivity contribution in [2.24, 2.45) is 0 Å². The van der Waals surface area contributed by atoms with Crippen molar-refractivity contribution in [3.63, 3.8) is 0 Å². The summed E-state index contributed by atoms with van der Waals surface area (Å²) in [5, 5.41) is 1.59. The Morgan fingerprint density at radius 1 is 0.968 bits per heavy atom. The molecular formula is C23H27ClN4O2S. The number of para-hydroxylation sites is 1. The Labute approximate surface area is 188 Å². The molecule has 0 unspecified atom stereocenters. The first-order chi connectivity index (χ1) is 15.0. The Morgan fingerprint density at radius 3 is 2.58 bits per heavy atom. The molecule has 0 atom stereocenters. The third-order valence-electron chi connectivity index (χ3n) is 5.61. The van der Waals surface area contributed by atoms with E-state index in [-0.39, 0.29) is 4.90 Å². The van der Waals surface area contributed by atoms with Gasteiger partial charge in [0.2, 0.25) is 10.0 Å². The van der Waals surface area contributed by atoms with Gasteiger partial charge in [0, 0.05) is 55.0 Å². The summed E-state index contributed by atoms with van der Waals surface area (Å²) in [6, 6.07) is 17.2. The van der Waals surface area contributed by atoms with Crippen LogP contribution in [-0.4, -0.2) is 57.6 Å². The molecule has 6 nitrogen and oxygen atoms in total. The number of nitrogens with one attached hydrogen (secondary N) is 1. The van der Waals surface area contributed by atoms with Gasteiger partial charge in [-0.1, -0.05) is 35.9 Å². The molecule has 2 aromatic carbocycles. The van der Waals surface area contributed by atoms with E-state index < -0.39 is 10.0 Å². The summed E-state index contributed by atoms with van der Waals surface area (Å²) in [5.41, 5.74) is 1.96. The Kier molecular flexibility index (Phi) is 7.07. The van der Waals surface area contributed by atoms with Gasteiger partial charge in [-0.3, -0.25) is 9.88 Å². The zero-order valence-corrected chi connectivity index (χ0v) is 18.9. The monoisotopic (exact) mass is 458 g/mol. The molecule has 8 heteroatoms. The maximum atomic E-state index is 12.6. The van der Waals surface area contributed by atoms with Crippen molar-refractivity contribution in [3.8, 4) is 0 Å². The van der Waals surface area contributed by atoms with Gasteiger partial charge in [0.1, 0.15) is 4.90 Å². The molecule has 1 fully saturated rings. The largest absolute Gasteiger partial charge is 0.369 e. The fourth-order valence-electron chi connectivity index (χ4n) is 3.85. The Bertz CT molecular complexity index is 1130. The van der Waals surface area contributed by atoms with Crippen molar-refractivity contribution < 1.29 is 8.42 Å². The van der Waals surface area contributed by atoms with E-state index >= 15 is 0 Å². The number of anilines is 1. The fourth-order valence-corrected chi connectivity index (χ4v) is 5.09. The molecule has 1 saturated heterocycles. The van der Waals surface area contributed by atoms with Crippen LogP contribution in [0.3, 0.4) is 0 Å². The highest BCUT2D eigenvalue weighted by molar-refractivity contribution is 7.89. The van der Waals surface area contributed by atoms with Gasteiger partial charge in [-0.05, 0) is 49.7 Å². The van der Waals surface area contributed by atoms with Crippen LogP contribution in [-0.2, 0) is 10.0 Å². The van der Waals surface area contributed by atoms with E-state index in [0.29, 0.717) is 6.54 Å². The number of hydrogen-bond acceptors (Lipinski definition) is 5. The first-order valence-corrected chi connectivity index (χ1v) is 12.4. The molecule has 0 aliphatic carbocycles. The number of benzene rings is 2. The van der Waals surface area contributed by atoms with Crippen LogP contribution < -0.4 is 9.62 Å². The smallest absolute Gasteiger partial charge is 0.242 e. The first-order valence-electron chi connectivity index (χ1n) is 10.6. The Hall–Kier alpha value is -2.19. The molecule has 1 N–H and O–H groups in total. The van der Waals surface area contributed by atoms with Crippen LogP contribution in [0.1, 0.15) is 12.8 Å². The van der Waals surface area contributed by atoms with Gasteiger partial charge in [0.25, 0.3) is 0 Å². The number of hydrogen-bond donors (Lipinski definition) is 1. The second kappa shape index (κ2) is 9.96. The number of piperazine rings is 1. The van der Waals surface area contributed by atoms with E-state index in [1.165, 1.54) is 11.9 Å². The van der Waals surface area contributed by atoms with Crippen molar-refractivity contribution >= 4 is 38.2 Å². The lowest BCUT2D eigenvalue weighted by atomic mass is 10.2. The number of aromatic nitrogens is 1. The minimum absolute atomic E-state index is 0.211. The van der Waals surface area contributed by atoms with Gasteiger partial charge in [0.05, 0.1) is 5.52 Å². The van der Waals surface area contributed by atoms with E-state index in [1.807, 2.05) is 42.5 Å². The van der Waals surface area contributed by atoms with Crippen LogP contribution in [0.15, 0.2) is 65.7 Å². The van der Waals surface area contributed by atoms with Crippen molar-refractivity contribution in [1.82, 2.24) is 14.6 Å². The minimum atomic E-state index is -3.54. The number of fused-ring (bicyclic) bond motifs is 1. The molecule has 3 aromatic rings. The average Bonchev–Trinajstić information content (AvgIpc) is 2.79.